The number of carboxylic acids is 1. The van der Waals surface area contributed by atoms with E-state index in [0.717, 1.165) is 21.9 Å². The second kappa shape index (κ2) is 7.25. The number of carbonyl (C=O) groups excluding carboxylic acids is 1. The normalized spacial score (nSPS) is 19.2. The van der Waals surface area contributed by atoms with Gasteiger partial charge in [-0.2, -0.15) is 0 Å². The number of benzene rings is 3. The molecule has 0 fully saturated rings. The van der Waals surface area contributed by atoms with Gasteiger partial charge >= 0.3 is 5.97 Å². The largest absolute Gasteiger partial charge is 0.481 e. The second-order valence-electron chi connectivity index (χ2n) is 6.39. The highest BCUT2D eigenvalue weighted by atomic mass is 35.5. The van der Waals surface area contributed by atoms with E-state index in [1.54, 1.807) is 12.1 Å². The van der Waals surface area contributed by atoms with Gasteiger partial charge in [0.15, 0.2) is 0 Å². The van der Waals surface area contributed by atoms with Crippen molar-refractivity contribution in [2.75, 3.05) is 5.32 Å². The molecule has 0 saturated heterocycles. The average Bonchev–Trinajstić information content (AvgIpc) is 2.78. The zero-order valence-corrected chi connectivity index (χ0v) is 15.8. The highest BCUT2D eigenvalue weighted by Crippen LogP contribution is 2.47. The van der Waals surface area contributed by atoms with Gasteiger partial charge < -0.3 is 10.4 Å². The first-order valence-corrected chi connectivity index (χ1v) is 9.80. The van der Waals surface area contributed by atoms with Crippen molar-refractivity contribution in [1.29, 1.82) is 0 Å². The van der Waals surface area contributed by atoms with Crippen molar-refractivity contribution >= 4 is 51.7 Å². The summed E-state index contributed by atoms with van der Waals surface area (Å²) in [5, 5.41) is 14.0. The van der Waals surface area contributed by atoms with Gasteiger partial charge in [0.05, 0.1) is 16.9 Å². The van der Waals surface area contributed by atoms with Crippen molar-refractivity contribution in [3.63, 3.8) is 0 Å². The fourth-order valence-electron chi connectivity index (χ4n) is 3.40. The summed E-state index contributed by atoms with van der Waals surface area (Å²) in [6, 6.07) is 19.4. The summed E-state index contributed by atoms with van der Waals surface area (Å²) >= 11 is 7.60. The maximum atomic E-state index is 12.6. The van der Waals surface area contributed by atoms with E-state index in [1.165, 1.54) is 11.8 Å². The lowest BCUT2D eigenvalue weighted by atomic mass is 9.97. The van der Waals surface area contributed by atoms with E-state index >= 15 is 0 Å². The quantitative estimate of drug-likeness (QED) is 0.644. The number of amides is 1. The second-order valence-corrected chi connectivity index (χ2v) is 8.14. The lowest BCUT2D eigenvalue weighted by Gasteiger charge is -2.21. The van der Waals surface area contributed by atoms with Crippen LogP contribution in [-0.2, 0) is 9.59 Å². The van der Waals surface area contributed by atoms with E-state index in [1.807, 2.05) is 48.5 Å². The van der Waals surface area contributed by atoms with Crippen molar-refractivity contribution < 1.29 is 14.7 Å². The molecule has 1 aliphatic heterocycles. The summed E-state index contributed by atoms with van der Waals surface area (Å²) in [5.41, 5.74) is 2.58. The van der Waals surface area contributed by atoms with Crippen LogP contribution < -0.4 is 5.32 Å². The van der Waals surface area contributed by atoms with Crippen molar-refractivity contribution in [1.82, 2.24) is 0 Å². The first-order valence-electron chi connectivity index (χ1n) is 8.48. The molecule has 0 radical (unpaired) electrons. The molecule has 1 heterocycles. The van der Waals surface area contributed by atoms with Crippen LogP contribution in [0.1, 0.15) is 22.8 Å². The first kappa shape index (κ1) is 17.9. The molecular weight excluding hydrogens is 382 g/mol. The molecule has 2 N–H and O–H groups in total. The van der Waals surface area contributed by atoms with Gasteiger partial charge in [0.25, 0.3) is 0 Å². The Morgan fingerprint density at radius 3 is 2.67 bits per heavy atom. The molecule has 3 aromatic carbocycles. The predicted molar refractivity (Wildman–Crippen MR) is 110 cm³/mol. The number of carbonyl (C=O) groups is 2. The standard InChI is InChI=1S/C21H16ClNO3S/c22-13-8-9-17-16(10-13)20(27-18(11-19(24)25)21(26)23-17)15-7-3-5-12-4-1-2-6-14(12)15/h1-10,18,20H,11H2,(H,23,26)(H,24,25)/t18-,20-/m1/s1. The molecule has 0 unspecified atom stereocenters. The molecule has 4 nitrogen and oxygen atoms in total. The highest BCUT2D eigenvalue weighted by molar-refractivity contribution is 8.01. The summed E-state index contributed by atoms with van der Waals surface area (Å²) in [6.07, 6.45) is -0.237. The topological polar surface area (TPSA) is 66.4 Å². The fraction of sp³-hybridized carbons (Fsp3) is 0.143. The molecule has 0 aromatic heterocycles. The molecule has 0 saturated carbocycles. The smallest absolute Gasteiger partial charge is 0.305 e. The van der Waals surface area contributed by atoms with Crippen LogP contribution in [0.15, 0.2) is 60.7 Å². The monoisotopic (exact) mass is 397 g/mol. The van der Waals surface area contributed by atoms with Crippen molar-refractivity contribution in [2.24, 2.45) is 0 Å². The number of thioether (sulfide) groups is 1. The van der Waals surface area contributed by atoms with E-state index in [9.17, 15) is 14.7 Å². The fourth-order valence-corrected chi connectivity index (χ4v) is 5.02. The van der Waals surface area contributed by atoms with Crippen LogP contribution in [0.25, 0.3) is 10.8 Å². The summed E-state index contributed by atoms with van der Waals surface area (Å²) in [7, 11) is 0. The Morgan fingerprint density at radius 1 is 1.07 bits per heavy atom. The van der Waals surface area contributed by atoms with Gasteiger partial charge in [-0.1, -0.05) is 54.1 Å². The van der Waals surface area contributed by atoms with E-state index in [4.69, 9.17) is 11.6 Å². The van der Waals surface area contributed by atoms with Crippen LogP contribution in [0.4, 0.5) is 5.69 Å². The number of carboxylic acid groups (broad SMARTS) is 1. The number of halogens is 1. The summed E-state index contributed by atoms with van der Waals surface area (Å²) in [5.74, 6) is -1.29. The third kappa shape index (κ3) is 3.53. The van der Waals surface area contributed by atoms with Gasteiger partial charge in [-0.25, -0.2) is 0 Å². The van der Waals surface area contributed by atoms with E-state index in [0.29, 0.717) is 10.7 Å². The summed E-state index contributed by atoms with van der Waals surface area (Å²) < 4.78 is 0. The van der Waals surface area contributed by atoms with Crippen LogP contribution in [0.2, 0.25) is 5.02 Å². The number of rotatable bonds is 3. The average molecular weight is 398 g/mol. The van der Waals surface area contributed by atoms with Gasteiger partial charge in [-0.3, -0.25) is 9.59 Å². The predicted octanol–water partition coefficient (Wildman–Crippen LogP) is 5.11. The van der Waals surface area contributed by atoms with Crippen LogP contribution >= 0.6 is 23.4 Å². The van der Waals surface area contributed by atoms with Gasteiger partial charge in [0.1, 0.15) is 0 Å². The lowest BCUT2D eigenvalue weighted by molar-refractivity contribution is -0.138. The molecule has 0 spiro atoms. The molecule has 27 heavy (non-hydrogen) atoms. The Bertz CT molecular complexity index is 1050. The minimum Gasteiger partial charge on any atom is -0.481 e. The van der Waals surface area contributed by atoms with Crippen LogP contribution in [0.3, 0.4) is 0 Å². The molecule has 4 rings (SSSR count). The molecule has 2 atom stereocenters. The lowest BCUT2D eigenvalue weighted by Crippen LogP contribution is -2.26. The molecule has 1 amide bonds. The Labute approximate surface area is 165 Å². The first-order chi connectivity index (χ1) is 13.0. The van der Waals surface area contributed by atoms with Crippen molar-refractivity contribution in [3.05, 3.63) is 76.8 Å². The van der Waals surface area contributed by atoms with Crippen molar-refractivity contribution in [2.45, 2.75) is 16.9 Å². The van der Waals surface area contributed by atoms with E-state index < -0.39 is 11.2 Å². The van der Waals surface area contributed by atoms with Gasteiger partial charge in [-0.15, -0.1) is 11.8 Å². The Morgan fingerprint density at radius 2 is 1.85 bits per heavy atom. The van der Waals surface area contributed by atoms with Gasteiger partial charge in [-0.05, 0) is 40.1 Å². The SMILES string of the molecule is O=C(O)C[C@H]1S[C@H](c2cccc3ccccc23)c2cc(Cl)ccc2NC1=O. The summed E-state index contributed by atoms with van der Waals surface area (Å²) in [4.78, 5) is 23.9. The van der Waals surface area contributed by atoms with Crippen LogP contribution in [0.5, 0.6) is 0 Å². The minimum absolute atomic E-state index is 0.215. The maximum absolute atomic E-state index is 12.6. The third-order valence-electron chi connectivity index (χ3n) is 4.61. The molecule has 136 valence electrons. The molecule has 3 aromatic rings. The van der Waals surface area contributed by atoms with Gasteiger partial charge in [0, 0.05) is 10.7 Å². The van der Waals surface area contributed by atoms with E-state index in [2.05, 4.69) is 5.32 Å². The third-order valence-corrected chi connectivity index (χ3v) is 6.34. The zero-order valence-electron chi connectivity index (χ0n) is 14.2. The molecule has 0 aliphatic carbocycles. The number of hydrogen-bond acceptors (Lipinski definition) is 3. The Kier molecular flexibility index (Phi) is 4.81. The Hall–Kier alpha value is -2.50. The molecule has 1 aliphatic rings. The number of fused-ring (bicyclic) bond motifs is 2. The van der Waals surface area contributed by atoms with Crippen LogP contribution in [0, 0.1) is 0 Å². The Balaban J connectivity index is 1.91. The minimum atomic E-state index is -0.997. The maximum Gasteiger partial charge on any atom is 0.305 e. The molecule has 0 bridgehead atoms. The molecule has 6 heteroatoms. The van der Waals surface area contributed by atoms with E-state index in [-0.39, 0.29) is 17.6 Å². The number of nitrogens with one attached hydrogen (secondary N) is 1. The molecular formula is C21H16ClNO3S. The highest BCUT2D eigenvalue weighted by Gasteiger charge is 2.33. The summed E-state index contributed by atoms with van der Waals surface area (Å²) in [6.45, 7) is 0. The number of hydrogen-bond donors (Lipinski definition) is 2. The zero-order chi connectivity index (χ0) is 19.0. The number of anilines is 1. The van der Waals surface area contributed by atoms with Crippen LogP contribution in [-0.4, -0.2) is 22.2 Å². The number of aliphatic carboxylic acids is 1. The van der Waals surface area contributed by atoms with Crippen molar-refractivity contribution in [3.8, 4) is 0 Å². The van der Waals surface area contributed by atoms with Gasteiger partial charge in [0.2, 0.25) is 5.91 Å².